The molecule has 1 N–H and O–H groups in total. The Bertz CT molecular complexity index is 366. The zero-order chi connectivity index (χ0) is 12.1. The quantitative estimate of drug-likeness (QED) is 0.848. The van der Waals surface area contributed by atoms with E-state index in [0.717, 1.165) is 6.42 Å². The van der Waals surface area contributed by atoms with E-state index in [4.69, 9.17) is 0 Å². The SMILES string of the molecule is CC(=O)N[C@H]1CCCC[C@@H]1[Se]c1ccccc1. The van der Waals surface area contributed by atoms with Gasteiger partial charge in [-0.15, -0.1) is 0 Å². The summed E-state index contributed by atoms with van der Waals surface area (Å²) in [5.74, 6) is 0.116. The summed E-state index contributed by atoms with van der Waals surface area (Å²) in [6.45, 7) is 1.63. The molecule has 0 aliphatic heterocycles. The standard InChI is InChI=1S/C14H19NOSe/c1-11(16)15-13-9-5-6-10-14(13)17-12-7-3-2-4-8-12/h2-4,7-8,13-14H,5-6,9-10H2,1H3,(H,15,16)/t13-,14-/m0/s1. The van der Waals surface area contributed by atoms with Crippen LogP contribution in [0, 0.1) is 0 Å². The molecule has 1 amide bonds. The molecule has 0 heterocycles. The summed E-state index contributed by atoms with van der Waals surface area (Å²) >= 11 is 0.481. The van der Waals surface area contributed by atoms with Gasteiger partial charge in [-0.05, 0) is 0 Å². The van der Waals surface area contributed by atoms with Crippen LogP contribution in [0.5, 0.6) is 0 Å². The zero-order valence-electron chi connectivity index (χ0n) is 10.2. The van der Waals surface area contributed by atoms with Gasteiger partial charge in [-0.3, -0.25) is 0 Å². The topological polar surface area (TPSA) is 29.1 Å². The molecule has 1 aromatic carbocycles. The third-order valence-electron chi connectivity index (χ3n) is 3.12. The Labute approximate surface area is 109 Å². The summed E-state index contributed by atoms with van der Waals surface area (Å²) in [5.41, 5.74) is 0. The molecule has 0 bridgehead atoms. The van der Waals surface area contributed by atoms with Gasteiger partial charge >= 0.3 is 109 Å². The summed E-state index contributed by atoms with van der Waals surface area (Å²) in [7, 11) is 0. The van der Waals surface area contributed by atoms with Crippen LogP contribution in [0.2, 0.25) is 4.82 Å². The van der Waals surface area contributed by atoms with Crippen LogP contribution in [0.1, 0.15) is 32.6 Å². The van der Waals surface area contributed by atoms with Crippen molar-refractivity contribution < 1.29 is 4.79 Å². The molecule has 3 heteroatoms. The van der Waals surface area contributed by atoms with Crippen molar-refractivity contribution in [3.8, 4) is 0 Å². The Morgan fingerprint density at radius 1 is 1.24 bits per heavy atom. The summed E-state index contributed by atoms with van der Waals surface area (Å²) in [5, 5.41) is 3.13. The van der Waals surface area contributed by atoms with Crippen molar-refractivity contribution in [2.75, 3.05) is 0 Å². The molecule has 17 heavy (non-hydrogen) atoms. The monoisotopic (exact) mass is 297 g/mol. The fourth-order valence-electron chi connectivity index (χ4n) is 2.34. The minimum absolute atomic E-state index is 0.116. The van der Waals surface area contributed by atoms with E-state index in [1.54, 1.807) is 6.92 Å². The number of rotatable bonds is 3. The number of nitrogens with one attached hydrogen (secondary N) is 1. The van der Waals surface area contributed by atoms with Gasteiger partial charge in [0.05, 0.1) is 0 Å². The van der Waals surface area contributed by atoms with Crippen molar-refractivity contribution in [3.63, 3.8) is 0 Å². The predicted octanol–water partition coefficient (Wildman–Crippen LogP) is 1.88. The molecular formula is C14H19NOSe. The maximum atomic E-state index is 11.2. The van der Waals surface area contributed by atoms with Gasteiger partial charge in [0.2, 0.25) is 0 Å². The Kier molecular flexibility index (Phi) is 4.64. The fraction of sp³-hybridized carbons (Fsp3) is 0.500. The van der Waals surface area contributed by atoms with E-state index in [1.807, 2.05) is 0 Å². The van der Waals surface area contributed by atoms with Gasteiger partial charge in [-0.25, -0.2) is 0 Å². The van der Waals surface area contributed by atoms with Crippen LogP contribution in [-0.2, 0) is 4.79 Å². The van der Waals surface area contributed by atoms with Gasteiger partial charge in [-0.1, -0.05) is 0 Å². The molecule has 1 fully saturated rings. The summed E-state index contributed by atoms with van der Waals surface area (Å²) < 4.78 is 1.45. The van der Waals surface area contributed by atoms with E-state index in [-0.39, 0.29) is 5.91 Å². The molecular weight excluding hydrogens is 277 g/mol. The normalized spacial score (nSPS) is 24.3. The third kappa shape index (κ3) is 3.86. The molecule has 1 aliphatic rings. The molecule has 2 rings (SSSR count). The second-order valence-electron chi connectivity index (χ2n) is 4.56. The van der Waals surface area contributed by atoms with Crippen molar-refractivity contribution in [2.24, 2.45) is 0 Å². The van der Waals surface area contributed by atoms with Crippen LogP contribution in [0.4, 0.5) is 0 Å². The molecule has 2 atom stereocenters. The van der Waals surface area contributed by atoms with E-state index in [2.05, 4.69) is 35.6 Å². The van der Waals surface area contributed by atoms with Gasteiger partial charge in [0, 0.05) is 0 Å². The van der Waals surface area contributed by atoms with Crippen LogP contribution >= 0.6 is 0 Å². The minimum atomic E-state index is 0.116. The first kappa shape index (κ1) is 12.7. The first-order chi connectivity index (χ1) is 8.25. The maximum absolute atomic E-state index is 11.2. The average molecular weight is 296 g/mol. The number of carbonyl (C=O) groups is 1. The number of carbonyl (C=O) groups excluding carboxylic acids is 1. The van der Waals surface area contributed by atoms with Gasteiger partial charge in [0.15, 0.2) is 0 Å². The molecule has 0 radical (unpaired) electrons. The molecule has 1 aromatic rings. The molecule has 0 unspecified atom stereocenters. The Morgan fingerprint density at radius 2 is 1.94 bits per heavy atom. The predicted molar refractivity (Wildman–Crippen MR) is 71.7 cm³/mol. The second kappa shape index (κ2) is 6.23. The molecule has 1 aliphatic carbocycles. The van der Waals surface area contributed by atoms with Crippen molar-refractivity contribution in [2.45, 2.75) is 43.5 Å². The molecule has 0 aromatic heterocycles. The van der Waals surface area contributed by atoms with Gasteiger partial charge < -0.3 is 0 Å². The van der Waals surface area contributed by atoms with E-state index in [0.29, 0.717) is 25.8 Å². The molecule has 2 nitrogen and oxygen atoms in total. The molecule has 1 saturated carbocycles. The molecule has 92 valence electrons. The second-order valence-corrected chi connectivity index (χ2v) is 7.31. The third-order valence-corrected chi connectivity index (χ3v) is 6.08. The van der Waals surface area contributed by atoms with Crippen LogP contribution in [0.3, 0.4) is 0 Å². The number of hydrogen-bond acceptors (Lipinski definition) is 1. The van der Waals surface area contributed by atoms with Crippen molar-refractivity contribution in [1.82, 2.24) is 5.32 Å². The number of amides is 1. The van der Waals surface area contributed by atoms with E-state index >= 15 is 0 Å². The van der Waals surface area contributed by atoms with Crippen LogP contribution in [-0.4, -0.2) is 26.9 Å². The van der Waals surface area contributed by atoms with Crippen LogP contribution < -0.4 is 9.78 Å². The number of hydrogen-bond donors (Lipinski definition) is 1. The summed E-state index contributed by atoms with van der Waals surface area (Å²) in [4.78, 5) is 11.9. The van der Waals surface area contributed by atoms with Crippen molar-refractivity contribution in [3.05, 3.63) is 30.3 Å². The first-order valence-electron chi connectivity index (χ1n) is 6.24. The Hall–Kier alpha value is -0.791. The van der Waals surface area contributed by atoms with Gasteiger partial charge in [0.1, 0.15) is 0 Å². The van der Waals surface area contributed by atoms with E-state index in [9.17, 15) is 4.79 Å². The Morgan fingerprint density at radius 3 is 2.65 bits per heavy atom. The fourth-order valence-corrected chi connectivity index (χ4v) is 5.10. The van der Waals surface area contributed by atoms with E-state index in [1.165, 1.54) is 23.7 Å². The van der Waals surface area contributed by atoms with Crippen molar-refractivity contribution >= 4 is 25.3 Å². The first-order valence-corrected chi connectivity index (χ1v) is 8.09. The molecule has 0 saturated heterocycles. The van der Waals surface area contributed by atoms with Crippen LogP contribution in [0.25, 0.3) is 0 Å². The van der Waals surface area contributed by atoms with Crippen LogP contribution in [0.15, 0.2) is 30.3 Å². The van der Waals surface area contributed by atoms with Gasteiger partial charge in [-0.2, -0.15) is 0 Å². The molecule has 0 spiro atoms. The number of benzene rings is 1. The Balaban J connectivity index is 1.99. The summed E-state index contributed by atoms with van der Waals surface area (Å²) in [6.07, 6.45) is 4.99. The zero-order valence-corrected chi connectivity index (χ0v) is 11.9. The van der Waals surface area contributed by atoms with Crippen molar-refractivity contribution in [1.29, 1.82) is 0 Å². The summed E-state index contributed by atoms with van der Waals surface area (Å²) in [6, 6.07) is 11.1. The van der Waals surface area contributed by atoms with E-state index < -0.39 is 0 Å². The van der Waals surface area contributed by atoms with Gasteiger partial charge in [0.25, 0.3) is 0 Å². The average Bonchev–Trinajstić information content (AvgIpc) is 2.32.